The summed E-state index contributed by atoms with van der Waals surface area (Å²) in [5, 5.41) is 29.4. The fourth-order valence-corrected chi connectivity index (χ4v) is 6.18. The molecule has 0 saturated carbocycles. The summed E-state index contributed by atoms with van der Waals surface area (Å²) in [4.78, 5) is 37.9. The quantitative estimate of drug-likeness (QED) is 0.0617. The Morgan fingerprint density at radius 3 is 2.75 bits per heavy atom. The Hall–Kier alpha value is -4.34. The zero-order chi connectivity index (χ0) is 31.6. The van der Waals surface area contributed by atoms with Crippen LogP contribution in [0.4, 0.5) is 0 Å². The fourth-order valence-electron chi connectivity index (χ4n) is 4.65. The number of azide groups is 1. The number of aliphatic hydroxyl groups is 2. The maximum atomic E-state index is 14.3. The molecule has 18 heteroatoms. The number of aliphatic hydroxyl groups excluding tert-OH is 2. The third-order valence-corrected chi connectivity index (χ3v) is 8.33. The van der Waals surface area contributed by atoms with Crippen molar-refractivity contribution in [2.24, 2.45) is 5.11 Å². The summed E-state index contributed by atoms with van der Waals surface area (Å²) in [6.07, 6.45) is -3.36. The molecule has 0 amide bonds. The number of benzene rings is 2. The van der Waals surface area contributed by atoms with Gasteiger partial charge in [-0.25, -0.2) is 14.5 Å². The number of nitrogens with one attached hydrogen (secondary N) is 2. The number of rotatable bonds is 11. The molecule has 1 fully saturated rings. The normalized spacial score (nSPS) is 23.7. The Kier molecular flexibility index (Phi) is 8.72. The van der Waals surface area contributed by atoms with Gasteiger partial charge in [0.1, 0.15) is 24.0 Å². The van der Waals surface area contributed by atoms with E-state index >= 15 is 0 Å². The molecular formula is C26H29N8O9P. The number of hydrogen-bond acceptors (Lipinski definition) is 12. The highest BCUT2D eigenvalue weighted by molar-refractivity contribution is 7.52. The summed E-state index contributed by atoms with van der Waals surface area (Å²) in [5.74, 6) is -0.620. The van der Waals surface area contributed by atoms with Crippen LogP contribution in [0.15, 0.2) is 65.0 Å². The predicted molar refractivity (Wildman–Crippen MR) is 154 cm³/mol. The molecule has 0 aliphatic carbocycles. The van der Waals surface area contributed by atoms with Gasteiger partial charge in [0.05, 0.1) is 25.4 Å². The van der Waals surface area contributed by atoms with Gasteiger partial charge < -0.3 is 29.2 Å². The molecule has 2 aromatic heterocycles. The van der Waals surface area contributed by atoms with Gasteiger partial charge in [-0.3, -0.25) is 18.7 Å². The van der Waals surface area contributed by atoms with Gasteiger partial charge in [-0.15, -0.1) is 0 Å². The number of fused-ring (bicyclic) bond motifs is 2. The SMILES string of the molecule is CC(C)OC(=O)C(C)NP(=O)(OC[C@@]1(N=[N+]=[N-])O[C@@H](n2cnc3c(=O)[nH]cnc32)[C@H](O)[C@@H]1O)Oc1cccc2ccccc12. The van der Waals surface area contributed by atoms with Crippen molar-refractivity contribution in [1.29, 1.82) is 0 Å². The van der Waals surface area contributed by atoms with Gasteiger partial charge >= 0.3 is 13.7 Å². The minimum absolute atomic E-state index is 0.00627. The third kappa shape index (κ3) is 6.02. The molecule has 4 N–H and O–H groups in total. The fraction of sp³-hybridized carbons (Fsp3) is 0.385. The van der Waals surface area contributed by atoms with Gasteiger partial charge in [-0.2, -0.15) is 5.09 Å². The van der Waals surface area contributed by atoms with Gasteiger partial charge in [0.25, 0.3) is 5.56 Å². The van der Waals surface area contributed by atoms with Crippen LogP contribution in [0.2, 0.25) is 0 Å². The van der Waals surface area contributed by atoms with Crippen molar-refractivity contribution in [2.75, 3.05) is 6.61 Å². The second kappa shape index (κ2) is 12.3. The molecule has 44 heavy (non-hydrogen) atoms. The Morgan fingerprint density at radius 2 is 2.00 bits per heavy atom. The number of imidazole rings is 1. The van der Waals surface area contributed by atoms with Crippen LogP contribution in [0.3, 0.4) is 0 Å². The molecule has 3 heterocycles. The average molecular weight is 629 g/mol. The van der Waals surface area contributed by atoms with E-state index in [1.54, 1.807) is 38.1 Å². The second-order valence-corrected chi connectivity index (χ2v) is 11.9. The number of esters is 1. The topological polar surface area (TPSA) is 236 Å². The lowest BCUT2D eigenvalue weighted by Gasteiger charge is -2.30. The first-order chi connectivity index (χ1) is 21.0. The van der Waals surface area contributed by atoms with E-state index in [1.807, 2.05) is 18.2 Å². The van der Waals surface area contributed by atoms with E-state index < -0.39 is 62.2 Å². The summed E-state index contributed by atoms with van der Waals surface area (Å²) in [6.45, 7) is 3.75. The van der Waals surface area contributed by atoms with Gasteiger partial charge in [-0.1, -0.05) is 41.5 Å². The number of carbonyl (C=O) groups is 1. The maximum Gasteiger partial charge on any atom is 0.459 e. The number of nitrogens with zero attached hydrogens (tertiary/aromatic N) is 6. The first kappa shape index (κ1) is 31.1. The molecule has 1 saturated heterocycles. The van der Waals surface area contributed by atoms with Crippen molar-refractivity contribution in [3.8, 4) is 5.75 Å². The standard InChI is InChI=1S/C26H29N8O9P/c1-14(2)41-25(38)15(3)31-44(39,43-18-10-6-8-16-7-4-5-9-17(16)18)40-11-26(32-33-27)21(36)20(35)24(42-26)34-13-30-19-22(34)28-12-29-23(19)37/h4-10,12-15,20-21,24,35-36H,11H2,1-3H3,(H,31,39)(H,28,29,37)/t15?,20-,21+,24-,26-,44?/m1/s1. The van der Waals surface area contributed by atoms with Crippen LogP contribution in [0.25, 0.3) is 32.4 Å². The Balaban J connectivity index is 1.48. The molecule has 2 aromatic carbocycles. The second-order valence-electron chi connectivity index (χ2n) is 10.2. The molecule has 2 unspecified atom stereocenters. The Bertz CT molecular complexity index is 1840. The van der Waals surface area contributed by atoms with Crippen LogP contribution in [-0.2, 0) is 23.4 Å². The van der Waals surface area contributed by atoms with E-state index in [-0.39, 0.29) is 16.9 Å². The molecule has 1 aliphatic heterocycles. The van der Waals surface area contributed by atoms with Crippen LogP contribution in [0, 0.1) is 0 Å². The summed E-state index contributed by atoms with van der Waals surface area (Å²) < 4.78 is 38.1. The number of ether oxygens (including phenoxy) is 2. The van der Waals surface area contributed by atoms with Gasteiger partial charge in [0.15, 0.2) is 17.4 Å². The highest BCUT2D eigenvalue weighted by Crippen LogP contribution is 2.49. The summed E-state index contributed by atoms with van der Waals surface area (Å²) in [6, 6.07) is 10.9. The van der Waals surface area contributed by atoms with Crippen molar-refractivity contribution in [1.82, 2.24) is 24.6 Å². The lowest BCUT2D eigenvalue weighted by molar-refractivity contribution is -0.149. The molecular weight excluding hydrogens is 599 g/mol. The molecule has 0 bridgehead atoms. The Labute approximate surface area is 249 Å². The van der Waals surface area contributed by atoms with Crippen LogP contribution in [0.1, 0.15) is 27.0 Å². The van der Waals surface area contributed by atoms with Crippen LogP contribution in [-0.4, -0.2) is 72.4 Å². The zero-order valence-corrected chi connectivity index (χ0v) is 24.6. The Morgan fingerprint density at radius 1 is 1.25 bits per heavy atom. The highest BCUT2D eigenvalue weighted by atomic mass is 31.2. The molecule has 0 radical (unpaired) electrons. The lowest BCUT2D eigenvalue weighted by Crippen LogP contribution is -2.45. The molecule has 4 aromatic rings. The van der Waals surface area contributed by atoms with Gasteiger partial charge in [-0.05, 0) is 37.8 Å². The third-order valence-electron chi connectivity index (χ3n) is 6.72. The number of aromatic amines is 1. The van der Waals surface area contributed by atoms with E-state index in [0.717, 1.165) is 18.0 Å². The van der Waals surface area contributed by atoms with Crippen molar-refractivity contribution in [3.63, 3.8) is 0 Å². The highest BCUT2D eigenvalue weighted by Gasteiger charge is 2.56. The van der Waals surface area contributed by atoms with Crippen molar-refractivity contribution in [3.05, 3.63) is 75.9 Å². The minimum Gasteiger partial charge on any atom is -0.462 e. The van der Waals surface area contributed by atoms with Crippen molar-refractivity contribution < 1.29 is 38.1 Å². The largest absolute Gasteiger partial charge is 0.462 e. The van der Waals surface area contributed by atoms with Crippen LogP contribution in [0.5, 0.6) is 5.75 Å². The van der Waals surface area contributed by atoms with E-state index in [1.165, 1.54) is 11.5 Å². The van der Waals surface area contributed by atoms with Crippen LogP contribution < -0.4 is 15.2 Å². The zero-order valence-electron chi connectivity index (χ0n) is 23.7. The molecule has 17 nitrogen and oxygen atoms in total. The van der Waals surface area contributed by atoms with Crippen LogP contribution >= 0.6 is 7.75 Å². The maximum absolute atomic E-state index is 14.3. The number of hydrogen-bond donors (Lipinski definition) is 4. The first-order valence-electron chi connectivity index (χ1n) is 13.4. The van der Waals surface area contributed by atoms with E-state index in [4.69, 9.17) is 18.5 Å². The van der Waals surface area contributed by atoms with Gasteiger partial charge in [0.2, 0.25) is 5.72 Å². The number of carbonyl (C=O) groups excluding carboxylic acids is 1. The average Bonchev–Trinajstić information content (AvgIpc) is 3.52. The smallest absolute Gasteiger partial charge is 0.459 e. The monoisotopic (exact) mass is 628 g/mol. The molecule has 1 aliphatic rings. The lowest BCUT2D eigenvalue weighted by atomic mass is 10.1. The first-order valence-corrected chi connectivity index (χ1v) is 14.9. The molecule has 232 valence electrons. The number of aromatic nitrogens is 4. The summed E-state index contributed by atoms with van der Waals surface area (Å²) in [5.41, 5.74) is 6.39. The van der Waals surface area contributed by atoms with Crippen molar-refractivity contribution >= 4 is 35.7 Å². The minimum atomic E-state index is -4.57. The molecule has 0 spiro atoms. The van der Waals surface area contributed by atoms with E-state index in [9.17, 15) is 29.9 Å². The summed E-state index contributed by atoms with van der Waals surface area (Å²) in [7, 11) is -4.57. The predicted octanol–water partition coefficient (Wildman–Crippen LogP) is 2.66. The van der Waals surface area contributed by atoms with Crippen molar-refractivity contribution in [2.45, 2.75) is 57.1 Å². The van der Waals surface area contributed by atoms with E-state index in [2.05, 4.69) is 30.1 Å². The molecule has 5 rings (SSSR count). The van der Waals surface area contributed by atoms with E-state index in [0.29, 0.717) is 5.39 Å². The van der Waals surface area contributed by atoms with Gasteiger partial charge in [0, 0.05) is 10.3 Å². The number of H-pyrrole nitrogens is 1. The summed E-state index contributed by atoms with van der Waals surface area (Å²) >= 11 is 0. The molecule has 6 atom stereocenters.